The number of fused-ring (bicyclic) bond motifs is 3. The first-order valence-electron chi connectivity index (χ1n) is 13.5. The second-order valence-electron chi connectivity index (χ2n) is 10.6. The van der Waals surface area contributed by atoms with Crippen LogP contribution in [0.2, 0.25) is 0 Å². The van der Waals surface area contributed by atoms with Crippen molar-refractivity contribution in [3.63, 3.8) is 0 Å². The van der Waals surface area contributed by atoms with Gasteiger partial charge >= 0.3 is 5.97 Å². The van der Waals surface area contributed by atoms with E-state index in [-0.39, 0.29) is 37.3 Å². The summed E-state index contributed by atoms with van der Waals surface area (Å²) in [7, 11) is 5.75. The largest absolute Gasteiger partial charge is 0.502 e. The maximum atomic E-state index is 13.4. The molecule has 3 N–H and O–H groups in total. The van der Waals surface area contributed by atoms with Crippen LogP contribution in [0.3, 0.4) is 0 Å². The summed E-state index contributed by atoms with van der Waals surface area (Å²) in [5.41, 5.74) is 1.99. The predicted molar refractivity (Wildman–Crippen MR) is 141 cm³/mol. The molecule has 3 aliphatic heterocycles. The molecule has 13 nitrogen and oxygen atoms in total. The number of aliphatic hydroxyl groups excluding tert-OH is 2. The number of cyclic esters (lactones) is 1. The van der Waals surface area contributed by atoms with Crippen molar-refractivity contribution in [1.82, 2.24) is 0 Å². The molecule has 13 heteroatoms. The third-order valence-electron chi connectivity index (χ3n) is 8.51. The van der Waals surface area contributed by atoms with E-state index in [4.69, 9.17) is 42.6 Å². The number of phenolic OH excluding ortho intramolecular Hbond substituents is 1. The van der Waals surface area contributed by atoms with Crippen molar-refractivity contribution < 1.29 is 62.7 Å². The number of benzene rings is 2. The van der Waals surface area contributed by atoms with Crippen LogP contribution in [0, 0.1) is 11.8 Å². The minimum atomic E-state index is -1.46. The summed E-state index contributed by atoms with van der Waals surface area (Å²) in [5.74, 6) is -1.08. The molecule has 228 valence electrons. The molecule has 2 aromatic rings. The van der Waals surface area contributed by atoms with Crippen LogP contribution in [0.4, 0.5) is 0 Å². The lowest BCUT2D eigenvalue weighted by Crippen LogP contribution is -2.60. The summed E-state index contributed by atoms with van der Waals surface area (Å²) in [6, 6.07) is 6.91. The Hall–Kier alpha value is -3.33. The molecule has 0 radical (unpaired) electrons. The normalized spacial score (nSPS) is 33.1. The molecule has 3 unspecified atom stereocenters. The van der Waals surface area contributed by atoms with Gasteiger partial charge in [0, 0.05) is 26.1 Å². The van der Waals surface area contributed by atoms with Crippen molar-refractivity contribution in [2.24, 2.45) is 11.8 Å². The number of phenols is 1. The van der Waals surface area contributed by atoms with Crippen LogP contribution in [0.5, 0.6) is 28.7 Å². The van der Waals surface area contributed by atoms with Gasteiger partial charge in [-0.1, -0.05) is 0 Å². The zero-order chi connectivity index (χ0) is 29.7. The number of aromatic hydroxyl groups is 1. The summed E-state index contributed by atoms with van der Waals surface area (Å²) in [6.45, 7) is 0.152. The SMILES string of the molecule is COCC1O[C@@H](O[C@@H]2c3cc4c(cc3[C@@H](c3cc(OC)c(O)c(OC)c3)[C@H]3C(=O)OC[C@@H]32)OCO4)C(O)C(O)[C@@H]1OC. The molecular formula is C29H34O13. The fourth-order valence-electron chi connectivity index (χ4n) is 6.53. The highest BCUT2D eigenvalue weighted by atomic mass is 16.7. The fraction of sp³-hybridized carbons (Fsp3) is 0.552. The van der Waals surface area contributed by atoms with Gasteiger partial charge in [0.05, 0.1) is 39.5 Å². The molecule has 42 heavy (non-hydrogen) atoms. The number of ether oxygens (including phenoxy) is 9. The molecule has 0 saturated carbocycles. The van der Waals surface area contributed by atoms with Gasteiger partial charge in [-0.05, 0) is 41.0 Å². The monoisotopic (exact) mass is 590 g/mol. The van der Waals surface area contributed by atoms with Crippen LogP contribution in [-0.2, 0) is 28.5 Å². The van der Waals surface area contributed by atoms with Crippen LogP contribution in [0.15, 0.2) is 24.3 Å². The Kier molecular flexibility index (Phi) is 7.81. The van der Waals surface area contributed by atoms with Gasteiger partial charge in [0.25, 0.3) is 0 Å². The third-order valence-corrected chi connectivity index (χ3v) is 8.51. The van der Waals surface area contributed by atoms with E-state index in [1.54, 1.807) is 24.3 Å². The molecule has 2 fully saturated rings. The number of carbonyl (C=O) groups is 1. The molecule has 2 aromatic carbocycles. The Morgan fingerprint density at radius 1 is 0.905 bits per heavy atom. The quantitative estimate of drug-likeness (QED) is 0.377. The molecule has 1 aliphatic carbocycles. The Bertz CT molecular complexity index is 1310. The van der Waals surface area contributed by atoms with Crippen molar-refractivity contribution in [2.75, 3.05) is 48.4 Å². The predicted octanol–water partition coefficient (Wildman–Crippen LogP) is 1.24. The summed E-state index contributed by atoms with van der Waals surface area (Å²) >= 11 is 0. The first-order valence-corrected chi connectivity index (χ1v) is 13.5. The highest BCUT2D eigenvalue weighted by Crippen LogP contribution is 2.57. The minimum absolute atomic E-state index is 0.0257. The van der Waals surface area contributed by atoms with Crippen LogP contribution >= 0.6 is 0 Å². The molecular weight excluding hydrogens is 556 g/mol. The standard InChI is InChI=1S/C29H34O13/c1-34-10-20-27(37-4)24(31)25(32)29(41-20)42-26-14-8-17-16(39-11-40-17)7-13(14)21(22-15(26)9-38-28(22)33)12-5-18(35-2)23(30)19(6-12)36-3/h5-8,15,20-22,24-27,29-32H,9-11H2,1-4H3/t15-,20?,21+,22-,24?,25?,26+,27+,29-/m0/s1. The van der Waals surface area contributed by atoms with Crippen LogP contribution in [0.1, 0.15) is 28.7 Å². The maximum absolute atomic E-state index is 13.4. The number of esters is 1. The van der Waals surface area contributed by atoms with Gasteiger partial charge < -0.3 is 58.0 Å². The third kappa shape index (κ3) is 4.60. The number of rotatable bonds is 8. The molecule has 4 aliphatic rings. The van der Waals surface area contributed by atoms with E-state index in [2.05, 4.69) is 0 Å². The smallest absolute Gasteiger partial charge is 0.310 e. The van der Waals surface area contributed by atoms with E-state index in [0.717, 1.165) is 0 Å². The van der Waals surface area contributed by atoms with E-state index >= 15 is 0 Å². The lowest BCUT2D eigenvalue weighted by atomic mass is 9.66. The number of aliphatic hydroxyl groups is 2. The van der Waals surface area contributed by atoms with E-state index in [1.165, 1.54) is 28.4 Å². The van der Waals surface area contributed by atoms with E-state index in [0.29, 0.717) is 28.2 Å². The number of hydrogen-bond acceptors (Lipinski definition) is 13. The van der Waals surface area contributed by atoms with Gasteiger partial charge in [-0.15, -0.1) is 0 Å². The van der Waals surface area contributed by atoms with Crippen LogP contribution in [0.25, 0.3) is 0 Å². The second kappa shape index (κ2) is 11.4. The average molecular weight is 591 g/mol. The van der Waals surface area contributed by atoms with Crippen LogP contribution < -0.4 is 18.9 Å². The van der Waals surface area contributed by atoms with Gasteiger partial charge in [0.2, 0.25) is 12.5 Å². The summed E-state index contributed by atoms with van der Waals surface area (Å²) < 4.78 is 50.9. The highest BCUT2D eigenvalue weighted by molar-refractivity contribution is 5.79. The molecule has 3 heterocycles. The first-order chi connectivity index (χ1) is 20.3. The van der Waals surface area contributed by atoms with Gasteiger partial charge in [0.15, 0.2) is 29.3 Å². The van der Waals surface area contributed by atoms with Gasteiger partial charge in [-0.3, -0.25) is 4.79 Å². The van der Waals surface area contributed by atoms with Crippen molar-refractivity contribution in [3.05, 3.63) is 41.0 Å². The zero-order valence-corrected chi connectivity index (χ0v) is 23.6. The molecule has 0 amide bonds. The van der Waals surface area contributed by atoms with Gasteiger partial charge in [0.1, 0.15) is 24.4 Å². The summed E-state index contributed by atoms with van der Waals surface area (Å²) in [4.78, 5) is 13.4. The Morgan fingerprint density at radius 2 is 1.57 bits per heavy atom. The lowest BCUT2D eigenvalue weighted by Gasteiger charge is -2.45. The minimum Gasteiger partial charge on any atom is -0.502 e. The van der Waals surface area contributed by atoms with Crippen molar-refractivity contribution in [3.8, 4) is 28.7 Å². The highest BCUT2D eigenvalue weighted by Gasteiger charge is 2.55. The van der Waals surface area contributed by atoms with Crippen molar-refractivity contribution >= 4 is 5.97 Å². The fourth-order valence-corrected chi connectivity index (χ4v) is 6.53. The van der Waals surface area contributed by atoms with E-state index < -0.39 is 60.5 Å². The topological polar surface area (TPSA) is 161 Å². The van der Waals surface area contributed by atoms with Crippen molar-refractivity contribution in [2.45, 2.75) is 42.7 Å². The molecule has 0 spiro atoms. The average Bonchev–Trinajstić information content (AvgIpc) is 3.61. The molecule has 2 saturated heterocycles. The number of carbonyl (C=O) groups excluding carboxylic acids is 1. The number of hydrogen-bond donors (Lipinski definition) is 3. The number of methoxy groups -OCH3 is 4. The molecule has 9 atom stereocenters. The van der Waals surface area contributed by atoms with Gasteiger partial charge in [-0.2, -0.15) is 0 Å². The zero-order valence-electron chi connectivity index (χ0n) is 23.6. The van der Waals surface area contributed by atoms with E-state index in [1.807, 2.05) is 0 Å². The molecule has 0 bridgehead atoms. The van der Waals surface area contributed by atoms with Crippen LogP contribution in [-0.4, -0.2) is 100 Å². The molecule has 6 rings (SSSR count). The summed E-state index contributed by atoms with van der Waals surface area (Å²) in [5, 5.41) is 32.4. The Labute approximate surface area is 241 Å². The Balaban J connectivity index is 1.46. The maximum Gasteiger partial charge on any atom is 0.310 e. The van der Waals surface area contributed by atoms with E-state index in [9.17, 15) is 20.1 Å². The summed E-state index contributed by atoms with van der Waals surface area (Å²) in [6.07, 6.45) is -6.45. The molecule has 0 aromatic heterocycles. The Morgan fingerprint density at radius 3 is 2.19 bits per heavy atom. The second-order valence-corrected chi connectivity index (χ2v) is 10.6. The van der Waals surface area contributed by atoms with Crippen molar-refractivity contribution in [1.29, 1.82) is 0 Å². The lowest BCUT2D eigenvalue weighted by molar-refractivity contribution is -0.321. The van der Waals surface area contributed by atoms with Gasteiger partial charge in [-0.25, -0.2) is 0 Å². The first kappa shape index (κ1) is 28.8.